The van der Waals surface area contributed by atoms with E-state index in [9.17, 15) is 19.7 Å². The van der Waals surface area contributed by atoms with Crippen molar-refractivity contribution in [2.24, 2.45) is 0 Å². The van der Waals surface area contributed by atoms with Crippen molar-refractivity contribution in [2.75, 3.05) is 7.11 Å². The lowest BCUT2D eigenvalue weighted by atomic mass is 10.1. The van der Waals surface area contributed by atoms with Crippen LogP contribution in [0.4, 0.5) is 10.5 Å². The molecule has 1 saturated heterocycles. The summed E-state index contributed by atoms with van der Waals surface area (Å²) in [6, 6.07) is 18.8. The fourth-order valence-corrected chi connectivity index (χ4v) is 4.43. The van der Waals surface area contributed by atoms with Crippen LogP contribution in [0.25, 0.3) is 6.08 Å². The van der Waals surface area contributed by atoms with Crippen LogP contribution >= 0.6 is 27.7 Å². The van der Waals surface area contributed by atoms with Crippen molar-refractivity contribution in [1.29, 1.82) is 0 Å². The molecule has 0 aliphatic carbocycles. The maximum atomic E-state index is 12.9. The van der Waals surface area contributed by atoms with Gasteiger partial charge in [0.2, 0.25) is 0 Å². The van der Waals surface area contributed by atoms with Gasteiger partial charge in [0.25, 0.3) is 16.8 Å². The topological polar surface area (TPSA) is 99.0 Å². The van der Waals surface area contributed by atoms with Crippen molar-refractivity contribution in [3.63, 3.8) is 0 Å². The minimum absolute atomic E-state index is 0.0319. The van der Waals surface area contributed by atoms with Crippen LogP contribution in [0.5, 0.6) is 11.5 Å². The molecule has 0 atom stereocenters. The van der Waals surface area contributed by atoms with Crippen LogP contribution in [-0.4, -0.2) is 28.1 Å². The molecule has 1 heterocycles. The van der Waals surface area contributed by atoms with E-state index in [1.165, 1.54) is 24.3 Å². The Kier molecular flexibility index (Phi) is 7.52. The second-order valence-corrected chi connectivity index (χ2v) is 9.43. The van der Waals surface area contributed by atoms with Gasteiger partial charge in [-0.2, -0.15) is 0 Å². The van der Waals surface area contributed by atoms with Gasteiger partial charge in [-0.05, 0) is 58.8 Å². The van der Waals surface area contributed by atoms with E-state index < -0.39 is 16.1 Å². The van der Waals surface area contributed by atoms with Gasteiger partial charge in [0, 0.05) is 16.6 Å². The lowest BCUT2D eigenvalue weighted by Crippen LogP contribution is -2.27. The molecule has 0 bridgehead atoms. The first kappa shape index (κ1) is 24.5. The molecule has 35 heavy (non-hydrogen) atoms. The van der Waals surface area contributed by atoms with Crippen LogP contribution in [0.2, 0.25) is 0 Å². The van der Waals surface area contributed by atoms with E-state index in [0.717, 1.165) is 26.7 Å². The van der Waals surface area contributed by atoms with Crippen molar-refractivity contribution in [3.05, 3.63) is 103 Å². The van der Waals surface area contributed by atoms with Gasteiger partial charge >= 0.3 is 0 Å². The van der Waals surface area contributed by atoms with Gasteiger partial charge in [-0.15, -0.1) is 0 Å². The van der Waals surface area contributed by atoms with Crippen LogP contribution in [-0.2, 0) is 17.9 Å². The van der Waals surface area contributed by atoms with Crippen molar-refractivity contribution in [2.45, 2.75) is 13.2 Å². The normalized spacial score (nSPS) is 14.5. The number of imide groups is 1. The number of carbonyl (C=O) groups excluding carboxylic acids is 2. The SMILES string of the molecule is COc1ccc(/C=C2\SC(=O)N(Cc3ccc([N+](=O)[O-])cc3)C2=O)cc1OCc1ccc(Br)cc1. The predicted molar refractivity (Wildman–Crippen MR) is 136 cm³/mol. The number of halogens is 1. The Hall–Kier alpha value is -3.63. The van der Waals surface area contributed by atoms with Crippen LogP contribution in [0.3, 0.4) is 0 Å². The second kappa shape index (κ2) is 10.7. The third kappa shape index (κ3) is 5.90. The first-order chi connectivity index (χ1) is 16.8. The molecule has 178 valence electrons. The molecule has 4 rings (SSSR count). The molecular weight excluding hydrogens is 536 g/mol. The number of rotatable bonds is 8. The van der Waals surface area contributed by atoms with Gasteiger partial charge in [0.05, 0.1) is 23.5 Å². The molecule has 0 unspecified atom stereocenters. The third-order valence-corrected chi connectivity index (χ3v) is 6.59. The van der Waals surface area contributed by atoms with E-state index in [1.54, 1.807) is 31.4 Å². The highest BCUT2D eigenvalue weighted by Gasteiger charge is 2.35. The summed E-state index contributed by atoms with van der Waals surface area (Å²) >= 11 is 4.25. The van der Waals surface area contributed by atoms with Gasteiger partial charge in [-0.3, -0.25) is 24.6 Å². The standard InChI is InChI=1S/C25H19BrN2O6S/c1-33-21-11-6-18(12-22(21)34-15-17-2-7-19(26)8-3-17)13-23-24(29)27(25(30)35-23)14-16-4-9-20(10-5-16)28(31)32/h2-13H,14-15H2,1H3/b23-13-. The Balaban J connectivity index is 1.49. The maximum absolute atomic E-state index is 12.9. The summed E-state index contributed by atoms with van der Waals surface area (Å²) in [5.74, 6) is 0.631. The number of nitro benzene ring substituents is 1. The Morgan fingerprint density at radius 1 is 1.00 bits per heavy atom. The first-order valence-electron chi connectivity index (χ1n) is 10.4. The van der Waals surface area contributed by atoms with Gasteiger partial charge in [0.1, 0.15) is 6.61 Å². The van der Waals surface area contributed by atoms with E-state index in [2.05, 4.69) is 15.9 Å². The van der Waals surface area contributed by atoms with E-state index in [-0.39, 0.29) is 17.1 Å². The van der Waals surface area contributed by atoms with E-state index in [4.69, 9.17) is 9.47 Å². The van der Waals surface area contributed by atoms with Crippen molar-refractivity contribution in [1.82, 2.24) is 4.90 Å². The van der Waals surface area contributed by atoms with E-state index in [1.807, 2.05) is 24.3 Å². The molecular formula is C25H19BrN2O6S. The molecule has 0 N–H and O–H groups in total. The fraction of sp³-hybridized carbons (Fsp3) is 0.120. The summed E-state index contributed by atoms with van der Waals surface area (Å²) in [5, 5.41) is 10.4. The summed E-state index contributed by atoms with van der Waals surface area (Å²) in [4.78, 5) is 37.1. The van der Waals surface area contributed by atoms with Gasteiger partial charge in [-0.25, -0.2) is 0 Å². The van der Waals surface area contributed by atoms with Crippen molar-refractivity contribution >= 4 is 50.6 Å². The van der Waals surface area contributed by atoms with Crippen LogP contribution in [0.15, 0.2) is 76.1 Å². The number of ether oxygens (including phenoxy) is 2. The smallest absolute Gasteiger partial charge is 0.293 e. The van der Waals surface area contributed by atoms with E-state index in [0.29, 0.717) is 29.2 Å². The number of carbonyl (C=O) groups is 2. The van der Waals surface area contributed by atoms with Crippen LogP contribution < -0.4 is 9.47 Å². The maximum Gasteiger partial charge on any atom is 0.293 e. The second-order valence-electron chi connectivity index (χ2n) is 7.52. The summed E-state index contributed by atoms with van der Waals surface area (Å²) in [6.07, 6.45) is 1.63. The number of non-ortho nitro benzene ring substituents is 1. The largest absolute Gasteiger partial charge is 0.493 e. The Morgan fingerprint density at radius 3 is 2.34 bits per heavy atom. The third-order valence-electron chi connectivity index (χ3n) is 5.15. The molecule has 3 aromatic carbocycles. The Bertz CT molecular complexity index is 1310. The van der Waals surface area contributed by atoms with Gasteiger partial charge in [-0.1, -0.05) is 46.3 Å². The zero-order valence-corrected chi connectivity index (χ0v) is 20.9. The molecule has 2 amide bonds. The molecule has 0 radical (unpaired) electrons. The summed E-state index contributed by atoms with van der Waals surface area (Å²) < 4.78 is 12.3. The number of hydrogen-bond donors (Lipinski definition) is 0. The number of hydrogen-bond acceptors (Lipinski definition) is 7. The highest BCUT2D eigenvalue weighted by molar-refractivity contribution is 9.10. The molecule has 8 nitrogen and oxygen atoms in total. The molecule has 10 heteroatoms. The lowest BCUT2D eigenvalue weighted by molar-refractivity contribution is -0.384. The minimum atomic E-state index is -0.502. The highest BCUT2D eigenvalue weighted by Crippen LogP contribution is 2.35. The average Bonchev–Trinajstić information content (AvgIpc) is 3.11. The predicted octanol–water partition coefficient (Wildman–Crippen LogP) is 6.18. The number of methoxy groups -OCH3 is 1. The molecule has 3 aromatic rings. The molecule has 1 aliphatic heterocycles. The number of thioether (sulfide) groups is 1. The lowest BCUT2D eigenvalue weighted by Gasteiger charge is -2.12. The van der Waals surface area contributed by atoms with E-state index >= 15 is 0 Å². The van der Waals surface area contributed by atoms with Crippen molar-refractivity contribution < 1.29 is 24.0 Å². The highest BCUT2D eigenvalue weighted by atomic mass is 79.9. The summed E-state index contributed by atoms with van der Waals surface area (Å²) in [7, 11) is 1.55. The molecule has 0 spiro atoms. The first-order valence-corrected chi connectivity index (χ1v) is 12.0. The fourth-order valence-electron chi connectivity index (χ4n) is 3.33. The molecule has 1 aliphatic rings. The molecule has 1 fully saturated rings. The quantitative estimate of drug-likeness (QED) is 0.186. The Labute approximate surface area is 213 Å². The number of nitrogens with zero attached hydrogens (tertiary/aromatic N) is 2. The summed E-state index contributed by atoms with van der Waals surface area (Å²) in [5.41, 5.74) is 2.22. The Morgan fingerprint density at radius 2 is 1.69 bits per heavy atom. The molecule has 0 saturated carbocycles. The average molecular weight is 555 g/mol. The van der Waals surface area contributed by atoms with Crippen LogP contribution in [0, 0.1) is 10.1 Å². The zero-order valence-electron chi connectivity index (χ0n) is 18.5. The van der Waals surface area contributed by atoms with Crippen LogP contribution in [0.1, 0.15) is 16.7 Å². The van der Waals surface area contributed by atoms with Gasteiger partial charge in [0.15, 0.2) is 11.5 Å². The van der Waals surface area contributed by atoms with Crippen molar-refractivity contribution in [3.8, 4) is 11.5 Å². The van der Waals surface area contributed by atoms with Gasteiger partial charge < -0.3 is 9.47 Å². The minimum Gasteiger partial charge on any atom is -0.493 e. The number of nitro groups is 1. The monoisotopic (exact) mass is 554 g/mol. The molecule has 0 aromatic heterocycles. The summed E-state index contributed by atoms with van der Waals surface area (Å²) in [6.45, 7) is 0.364. The number of benzene rings is 3. The zero-order chi connectivity index (χ0) is 24.9. The number of amides is 2.